The summed E-state index contributed by atoms with van der Waals surface area (Å²) in [4.78, 5) is 3.96. The zero-order valence-corrected chi connectivity index (χ0v) is 9.57. The normalized spacial score (nSPS) is 11.8. The molecule has 96 valence electrons. The van der Waals surface area contributed by atoms with E-state index in [0.29, 0.717) is 11.5 Å². The number of nitrogens with zero attached hydrogens (tertiary/aromatic N) is 2. The summed E-state index contributed by atoms with van der Waals surface area (Å²) in [7, 11) is 0. The zero-order chi connectivity index (χ0) is 13.3. The Balaban J connectivity index is 2.57. The molecule has 0 aliphatic rings. The minimum absolute atomic E-state index is 0.135. The Morgan fingerprint density at radius 2 is 2.06 bits per heavy atom. The minimum Gasteiger partial charge on any atom is -0.392 e. The molecule has 6 heteroatoms. The molecule has 0 fully saturated rings. The first-order chi connectivity index (χ1) is 8.43. The molecule has 0 amide bonds. The van der Waals surface area contributed by atoms with Crippen molar-refractivity contribution in [1.29, 1.82) is 0 Å². The van der Waals surface area contributed by atoms with Gasteiger partial charge in [0.05, 0.1) is 12.2 Å². The first kappa shape index (κ1) is 12.6. The van der Waals surface area contributed by atoms with Crippen LogP contribution >= 0.6 is 0 Å². The molecule has 1 aromatic heterocycles. The molecular formula is C12H11F3N2O. The van der Waals surface area contributed by atoms with Gasteiger partial charge in [-0.15, -0.1) is 0 Å². The molecule has 2 aromatic rings. The first-order valence-corrected chi connectivity index (χ1v) is 5.25. The molecule has 0 aliphatic heterocycles. The van der Waals surface area contributed by atoms with Crippen LogP contribution in [0.5, 0.6) is 0 Å². The Kier molecular flexibility index (Phi) is 3.13. The number of hydrogen-bond acceptors (Lipinski definition) is 2. The maximum Gasteiger partial charge on any atom is 0.416 e. The third-order valence-electron chi connectivity index (χ3n) is 2.67. The van der Waals surface area contributed by atoms with Crippen LogP contribution in [-0.4, -0.2) is 14.7 Å². The highest BCUT2D eigenvalue weighted by Crippen LogP contribution is 2.33. The van der Waals surface area contributed by atoms with E-state index in [-0.39, 0.29) is 5.56 Å². The van der Waals surface area contributed by atoms with Crippen LogP contribution in [0.1, 0.15) is 17.0 Å². The highest BCUT2D eigenvalue weighted by molar-refractivity contribution is 5.42. The van der Waals surface area contributed by atoms with Crippen LogP contribution in [0.4, 0.5) is 13.2 Å². The molecule has 3 nitrogen and oxygen atoms in total. The van der Waals surface area contributed by atoms with Gasteiger partial charge in [0.2, 0.25) is 0 Å². The molecule has 0 spiro atoms. The smallest absolute Gasteiger partial charge is 0.392 e. The van der Waals surface area contributed by atoms with Gasteiger partial charge in [-0.25, -0.2) is 4.98 Å². The van der Waals surface area contributed by atoms with E-state index in [1.807, 2.05) is 0 Å². The van der Waals surface area contributed by atoms with Gasteiger partial charge in [-0.2, -0.15) is 13.2 Å². The van der Waals surface area contributed by atoms with E-state index in [1.165, 1.54) is 18.3 Å². The molecule has 0 saturated heterocycles. The highest BCUT2D eigenvalue weighted by Gasteiger charge is 2.33. The molecule has 0 bridgehead atoms. The lowest BCUT2D eigenvalue weighted by Gasteiger charge is -2.14. The van der Waals surface area contributed by atoms with E-state index in [9.17, 15) is 13.2 Å². The standard InChI is InChI=1S/C12H11F3N2O/c1-8-16-4-5-17(8)10-3-2-9(7-18)11(6-10)12(13,14)15/h2-6,18H,7H2,1H3. The molecule has 0 radical (unpaired) electrons. The molecule has 2 rings (SSSR count). The van der Waals surface area contributed by atoms with Gasteiger partial charge in [-0.3, -0.25) is 0 Å². The summed E-state index contributed by atoms with van der Waals surface area (Å²) >= 11 is 0. The summed E-state index contributed by atoms with van der Waals surface area (Å²) in [5.74, 6) is 0.597. The molecule has 0 unspecified atom stereocenters. The van der Waals surface area contributed by atoms with E-state index in [1.54, 1.807) is 17.7 Å². The number of aliphatic hydroxyl groups excluding tert-OH is 1. The average Bonchev–Trinajstić information content (AvgIpc) is 2.73. The highest BCUT2D eigenvalue weighted by atomic mass is 19.4. The second-order valence-electron chi connectivity index (χ2n) is 3.84. The number of rotatable bonds is 2. The quantitative estimate of drug-likeness (QED) is 0.897. The van der Waals surface area contributed by atoms with Crippen molar-refractivity contribution in [3.05, 3.63) is 47.5 Å². The zero-order valence-electron chi connectivity index (χ0n) is 9.57. The third-order valence-corrected chi connectivity index (χ3v) is 2.67. The fraction of sp³-hybridized carbons (Fsp3) is 0.250. The maximum atomic E-state index is 12.8. The van der Waals surface area contributed by atoms with Crippen LogP contribution < -0.4 is 0 Å². The van der Waals surface area contributed by atoms with Crippen molar-refractivity contribution in [3.63, 3.8) is 0 Å². The summed E-state index contributed by atoms with van der Waals surface area (Å²) in [6.45, 7) is 1.06. The van der Waals surface area contributed by atoms with Gasteiger partial charge >= 0.3 is 6.18 Å². The Morgan fingerprint density at radius 1 is 1.33 bits per heavy atom. The number of benzene rings is 1. The van der Waals surface area contributed by atoms with Crippen LogP contribution in [0.3, 0.4) is 0 Å². The Morgan fingerprint density at radius 3 is 2.56 bits per heavy atom. The summed E-state index contributed by atoms with van der Waals surface area (Å²) in [6.07, 6.45) is -1.38. The number of halogens is 3. The monoisotopic (exact) mass is 256 g/mol. The van der Waals surface area contributed by atoms with Crippen LogP contribution in [0.25, 0.3) is 5.69 Å². The molecule has 1 heterocycles. The van der Waals surface area contributed by atoms with Gasteiger partial charge in [-0.1, -0.05) is 6.07 Å². The van der Waals surface area contributed by atoms with E-state index >= 15 is 0 Å². The van der Waals surface area contributed by atoms with E-state index in [4.69, 9.17) is 5.11 Å². The Hall–Kier alpha value is -1.82. The summed E-state index contributed by atoms with van der Waals surface area (Å²) in [6, 6.07) is 3.81. The lowest BCUT2D eigenvalue weighted by molar-refractivity contribution is -0.138. The van der Waals surface area contributed by atoms with Crippen molar-refractivity contribution in [2.75, 3.05) is 0 Å². The molecular weight excluding hydrogens is 245 g/mol. The Bertz CT molecular complexity index is 561. The van der Waals surface area contributed by atoms with Gasteiger partial charge in [0, 0.05) is 18.1 Å². The van der Waals surface area contributed by atoms with Crippen molar-refractivity contribution >= 4 is 0 Å². The lowest BCUT2D eigenvalue weighted by atomic mass is 10.1. The average molecular weight is 256 g/mol. The van der Waals surface area contributed by atoms with Crippen LogP contribution in [0.2, 0.25) is 0 Å². The summed E-state index contributed by atoms with van der Waals surface area (Å²) < 4.78 is 40.0. The summed E-state index contributed by atoms with van der Waals surface area (Å²) in [5, 5.41) is 8.94. The Labute approximate surface area is 102 Å². The van der Waals surface area contributed by atoms with Gasteiger partial charge in [0.25, 0.3) is 0 Å². The first-order valence-electron chi connectivity index (χ1n) is 5.25. The van der Waals surface area contributed by atoms with Crippen LogP contribution in [-0.2, 0) is 12.8 Å². The van der Waals surface area contributed by atoms with Crippen molar-refractivity contribution < 1.29 is 18.3 Å². The molecule has 0 atom stereocenters. The van der Waals surface area contributed by atoms with Crippen molar-refractivity contribution in [2.24, 2.45) is 0 Å². The van der Waals surface area contributed by atoms with Gasteiger partial charge < -0.3 is 9.67 Å². The summed E-state index contributed by atoms with van der Waals surface area (Å²) in [5.41, 5.74) is -0.589. The van der Waals surface area contributed by atoms with Gasteiger partial charge in [0.15, 0.2) is 0 Å². The van der Waals surface area contributed by atoms with E-state index in [2.05, 4.69) is 4.98 Å². The van der Waals surface area contributed by atoms with E-state index < -0.39 is 18.3 Å². The second kappa shape index (κ2) is 4.45. The molecule has 1 N–H and O–H groups in total. The number of aryl methyl sites for hydroxylation is 1. The fourth-order valence-electron chi connectivity index (χ4n) is 1.77. The third kappa shape index (κ3) is 2.24. The molecule has 18 heavy (non-hydrogen) atoms. The predicted molar refractivity (Wildman–Crippen MR) is 59.2 cm³/mol. The molecule has 0 aliphatic carbocycles. The topological polar surface area (TPSA) is 38.0 Å². The second-order valence-corrected chi connectivity index (χ2v) is 3.84. The van der Waals surface area contributed by atoms with Gasteiger partial charge in [-0.05, 0) is 24.6 Å². The lowest BCUT2D eigenvalue weighted by Crippen LogP contribution is -2.10. The van der Waals surface area contributed by atoms with Crippen LogP contribution in [0, 0.1) is 6.92 Å². The van der Waals surface area contributed by atoms with Crippen molar-refractivity contribution in [3.8, 4) is 5.69 Å². The number of aliphatic hydroxyl groups is 1. The molecule has 0 saturated carbocycles. The van der Waals surface area contributed by atoms with E-state index in [0.717, 1.165) is 6.07 Å². The maximum absolute atomic E-state index is 12.8. The fourth-order valence-corrected chi connectivity index (χ4v) is 1.77. The van der Waals surface area contributed by atoms with Crippen LogP contribution in [0.15, 0.2) is 30.6 Å². The van der Waals surface area contributed by atoms with Gasteiger partial charge in [0.1, 0.15) is 5.82 Å². The number of aromatic nitrogens is 2. The van der Waals surface area contributed by atoms with Crippen molar-refractivity contribution in [1.82, 2.24) is 9.55 Å². The predicted octanol–water partition coefficient (Wildman–Crippen LogP) is 2.69. The SMILES string of the molecule is Cc1nccn1-c1ccc(CO)c(C(F)(F)F)c1. The number of alkyl halides is 3. The number of imidazole rings is 1. The number of hydrogen-bond donors (Lipinski definition) is 1. The minimum atomic E-state index is -4.48. The largest absolute Gasteiger partial charge is 0.416 e. The molecule has 1 aromatic carbocycles. The van der Waals surface area contributed by atoms with Crippen molar-refractivity contribution in [2.45, 2.75) is 19.7 Å².